The molecule has 1 amide bonds. The van der Waals surface area contributed by atoms with Crippen molar-refractivity contribution in [3.63, 3.8) is 0 Å². The molecule has 1 unspecified atom stereocenters. The first-order valence-corrected chi connectivity index (χ1v) is 6.43. The van der Waals surface area contributed by atoms with Gasteiger partial charge in [0.25, 0.3) is 0 Å². The number of nitrogens with one attached hydrogen (secondary N) is 1. The number of rotatable bonds is 4. The molecule has 4 heteroatoms. The highest BCUT2D eigenvalue weighted by Gasteiger charge is 2.31. The standard InChI is InChI=1S/C13H15BrN2O/c1-2-7-15-12-6-8-16(13(12)17)11-5-3-4-10(14)9-11/h2-5,9,12,15H,1,6-8H2. The number of anilines is 1. The fraction of sp³-hybridized carbons (Fsp3) is 0.308. The van der Waals surface area contributed by atoms with Gasteiger partial charge in [-0.3, -0.25) is 4.79 Å². The zero-order valence-corrected chi connectivity index (χ0v) is 11.1. The van der Waals surface area contributed by atoms with Gasteiger partial charge in [-0.2, -0.15) is 0 Å². The molecule has 1 fully saturated rings. The Morgan fingerprint density at radius 2 is 2.41 bits per heavy atom. The van der Waals surface area contributed by atoms with Gasteiger partial charge in [-0.15, -0.1) is 6.58 Å². The molecule has 0 spiro atoms. The van der Waals surface area contributed by atoms with Crippen LogP contribution in [-0.2, 0) is 4.79 Å². The lowest BCUT2D eigenvalue weighted by Crippen LogP contribution is -2.38. The Morgan fingerprint density at radius 3 is 3.12 bits per heavy atom. The first kappa shape index (κ1) is 12.3. The van der Waals surface area contributed by atoms with Crippen LogP contribution in [0.15, 0.2) is 41.4 Å². The van der Waals surface area contributed by atoms with Crippen molar-refractivity contribution in [2.24, 2.45) is 0 Å². The third-order valence-electron chi connectivity index (χ3n) is 2.83. The second-order valence-corrected chi connectivity index (χ2v) is 4.92. The quantitative estimate of drug-likeness (QED) is 0.865. The molecular weight excluding hydrogens is 280 g/mol. The number of hydrogen-bond acceptors (Lipinski definition) is 2. The van der Waals surface area contributed by atoms with Crippen LogP contribution in [0.5, 0.6) is 0 Å². The summed E-state index contributed by atoms with van der Waals surface area (Å²) in [5.74, 6) is 0.143. The summed E-state index contributed by atoms with van der Waals surface area (Å²) in [4.78, 5) is 14.0. The van der Waals surface area contributed by atoms with E-state index in [0.29, 0.717) is 6.54 Å². The molecule has 1 aliphatic rings. The van der Waals surface area contributed by atoms with Gasteiger partial charge in [-0.05, 0) is 24.6 Å². The molecule has 1 aromatic rings. The molecule has 1 aromatic carbocycles. The predicted molar refractivity (Wildman–Crippen MR) is 73.1 cm³/mol. The molecule has 0 bridgehead atoms. The van der Waals surface area contributed by atoms with Crippen molar-refractivity contribution >= 4 is 27.5 Å². The lowest BCUT2D eigenvalue weighted by atomic mass is 10.2. The summed E-state index contributed by atoms with van der Waals surface area (Å²) in [6.45, 7) is 5.08. The predicted octanol–water partition coefficient (Wildman–Crippen LogP) is 2.33. The Bertz CT molecular complexity index is 433. The number of carbonyl (C=O) groups excluding carboxylic acids is 1. The van der Waals surface area contributed by atoms with Crippen molar-refractivity contribution in [3.8, 4) is 0 Å². The van der Waals surface area contributed by atoms with Crippen LogP contribution in [0.4, 0.5) is 5.69 Å². The second-order valence-electron chi connectivity index (χ2n) is 4.01. The van der Waals surface area contributed by atoms with Crippen LogP contribution in [0.25, 0.3) is 0 Å². The summed E-state index contributed by atoms with van der Waals surface area (Å²) in [6, 6.07) is 7.74. The minimum Gasteiger partial charge on any atom is -0.311 e. The van der Waals surface area contributed by atoms with Crippen LogP contribution in [-0.4, -0.2) is 25.0 Å². The summed E-state index contributed by atoms with van der Waals surface area (Å²) < 4.78 is 0.991. The highest BCUT2D eigenvalue weighted by Crippen LogP contribution is 2.24. The number of carbonyl (C=O) groups is 1. The van der Waals surface area contributed by atoms with Crippen LogP contribution in [0.3, 0.4) is 0 Å². The van der Waals surface area contributed by atoms with Crippen molar-refractivity contribution in [1.29, 1.82) is 0 Å². The normalized spacial score (nSPS) is 19.7. The van der Waals surface area contributed by atoms with E-state index in [9.17, 15) is 4.79 Å². The molecule has 0 radical (unpaired) electrons. The zero-order chi connectivity index (χ0) is 12.3. The van der Waals surface area contributed by atoms with Crippen LogP contribution in [0, 0.1) is 0 Å². The van der Waals surface area contributed by atoms with Crippen LogP contribution >= 0.6 is 15.9 Å². The Balaban J connectivity index is 2.09. The Morgan fingerprint density at radius 1 is 1.59 bits per heavy atom. The van der Waals surface area contributed by atoms with Gasteiger partial charge >= 0.3 is 0 Å². The maximum atomic E-state index is 12.1. The lowest BCUT2D eigenvalue weighted by molar-refractivity contribution is -0.118. The van der Waals surface area contributed by atoms with E-state index >= 15 is 0 Å². The maximum Gasteiger partial charge on any atom is 0.244 e. The summed E-state index contributed by atoms with van der Waals surface area (Å²) in [6.07, 6.45) is 2.62. The number of hydrogen-bond donors (Lipinski definition) is 1. The highest BCUT2D eigenvalue weighted by molar-refractivity contribution is 9.10. The smallest absolute Gasteiger partial charge is 0.244 e. The number of amides is 1. The van der Waals surface area contributed by atoms with Gasteiger partial charge in [-0.1, -0.05) is 28.1 Å². The molecule has 0 aromatic heterocycles. The van der Waals surface area contributed by atoms with Gasteiger partial charge in [0.1, 0.15) is 0 Å². The van der Waals surface area contributed by atoms with Crippen molar-refractivity contribution in [1.82, 2.24) is 5.32 Å². The molecule has 1 saturated heterocycles. The first-order valence-electron chi connectivity index (χ1n) is 5.63. The highest BCUT2D eigenvalue weighted by atomic mass is 79.9. The van der Waals surface area contributed by atoms with Crippen LogP contribution in [0.2, 0.25) is 0 Å². The molecule has 0 aliphatic carbocycles. The molecule has 0 saturated carbocycles. The molecule has 17 heavy (non-hydrogen) atoms. The Hall–Kier alpha value is -1.13. The Labute approximate surface area is 110 Å². The molecule has 1 atom stereocenters. The van der Waals surface area contributed by atoms with Gasteiger partial charge in [0, 0.05) is 23.2 Å². The average Bonchev–Trinajstić information content (AvgIpc) is 2.68. The van der Waals surface area contributed by atoms with Gasteiger partial charge in [-0.25, -0.2) is 0 Å². The SMILES string of the molecule is C=CCNC1CCN(c2cccc(Br)c2)C1=O. The van der Waals surface area contributed by atoms with E-state index in [1.54, 1.807) is 6.08 Å². The average molecular weight is 295 g/mol. The van der Waals surface area contributed by atoms with Gasteiger partial charge in [0.05, 0.1) is 6.04 Å². The largest absolute Gasteiger partial charge is 0.311 e. The van der Waals surface area contributed by atoms with Crippen molar-refractivity contribution in [2.45, 2.75) is 12.5 Å². The molecule has 3 nitrogen and oxygen atoms in total. The summed E-state index contributed by atoms with van der Waals surface area (Å²) in [7, 11) is 0. The van der Waals surface area contributed by atoms with Gasteiger partial charge in [0.2, 0.25) is 5.91 Å². The van der Waals surface area contributed by atoms with Crippen molar-refractivity contribution < 1.29 is 4.79 Å². The second kappa shape index (κ2) is 5.47. The van der Waals surface area contributed by atoms with Crippen LogP contribution in [0.1, 0.15) is 6.42 Å². The van der Waals surface area contributed by atoms with Gasteiger partial charge in [0.15, 0.2) is 0 Å². The summed E-state index contributed by atoms with van der Waals surface area (Å²) >= 11 is 3.42. The molecular formula is C13H15BrN2O. The third kappa shape index (κ3) is 2.76. The summed E-state index contributed by atoms with van der Waals surface area (Å²) in [5.41, 5.74) is 0.951. The summed E-state index contributed by atoms with van der Waals surface area (Å²) in [5, 5.41) is 3.17. The molecule has 1 N–H and O–H groups in total. The minimum atomic E-state index is -0.0769. The molecule has 1 heterocycles. The first-order chi connectivity index (χ1) is 8.22. The van der Waals surface area contributed by atoms with E-state index in [1.807, 2.05) is 29.2 Å². The molecule has 2 rings (SSSR count). The lowest BCUT2D eigenvalue weighted by Gasteiger charge is -2.17. The topological polar surface area (TPSA) is 32.3 Å². The minimum absolute atomic E-state index is 0.0769. The molecule has 90 valence electrons. The van der Waals surface area contributed by atoms with E-state index in [2.05, 4.69) is 27.8 Å². The van der Waals surface area contributed by atoms with E-state index in [4.69, 9.17) is 0 Å². The third-order valence-corrected chi connectivity index (χ3v) is 3.33. The monoisotopic (exact) mass is 294 g/mol. The van der Waals surface area contributed by atoms with E-state index in [-0.39, 0.29) is 11.9 Å². The number of halogens is 1. The van der Waals surface area contributed by atoms with E-state index in [1.165, 1.54) is 0 Å². The number of nitrogens with zero attached hydrogens (tertiary/aromatic N) is 1. The molecule has 1 aliphatic heterocycles. The maximum absolute atomic E-state index is 12.1. The van der Waals surface area contributed by atoms with Crippen molar-refractivity contribution in [3.05, 3.63) is 41.4 Å². The fourth-order valence-corrected chi connectivity index (χ4v) is 2.38. The van der Waals surface area contributed by atoms with E-state index < -0.39 is 0 Å². The van der Waals surface area contributed by atoms with Crippen molar-refractivity contribution in [2.75, 3.05) is 18.0 Å². The van der Waals surface area contributed by atoms with E-state index in [0.717, 1.165) is 23.1 Å². The number of benzene rings is 1. The van der Waals surface area contributed by atoms with Gasteiger partial charge < -0.3 is 10.2 Å². The zero-order valence-electron chi connectivity index (χ0n) is 9.53. The Kier molecular flexibility index (Phi) is 3.97. The van der Waals surface area contributed by atoms with Crippen LogP contribution < -0.4 is 10.2 Å². The fourth-order valence-electron chi connectivity index (χ4n) is 2.00.